The van der Waals surface area contributed by atoms with Gasteiger partial charge in [0.05, 0.1) is 18.9 Å². The third kappa shape index (κ3) is 2.85. The van der Waals surface area contributed by atoms with Crippen LogP contribution >= 0.6 is 11.6 Å². The fourth-order valence-electron chi connectivity index (χ4n) is 0.892. The van der Waals surface area contributed by atoms with E-state index in [9.17, 15) is 4.79 Å². The van der Waals surface area contributed by atoms with Crippen molar-refractivity contribution < 1.29 is 4.79 Å². The number of carbonyl (C=O) groups excluding carboxylic acids is 1. The van der Waals surface area contributed by atoms with Crippen molar-refractivity contribution in [3.8, 4) is 0 Å². The SMILES string of the molecule is CNC(=O)CN(C)c1cncc(Cl)n1. The Labute approximate surface area is 87.1 Å². The summed E-state index contributed by atoms with van der Waals surface area (Å²) in [5.41, 5.74) is 0. The molecule has 1 rings (SSSR count). The van der Waals surface area contributed by atoms with Crippen LogP contribution in [0.2, 0.25) is 5.15 Å². The summed E-state index contributed by atoms with van der Waals surface area (Å²) < 4.78 is 0. The predicted octanol–water partition coefficient (Wildman–Crippen LogP) is 0.312. The molecule has 1 N–H and O–H groups in total. The van der Waals surface area contributed by atoms with Gasteiger partial charge in [0.2, 0.25) is 5.91 Å². The van der Waals surface area contributed by atoms with E-state index in [1.165, 1.54) is 6.20 Å². The Bertz CT molecular complexity index is 331. The zero-order valence-electron chi connectivity index (χ0n) is 7.99. The number of hydrogen-bond acceptors (Lipinski definition) is 4. The second-order valence-corrected chi connectivity index (χ2v) is 3.12. The van der Waals surface area contributed by atoms with Gasteiger partial charge in [0, 0.05) is 14.1 Å². The molecule has 6 heteroatoms. The van der Waals surface area contributed by atoms with Crippen LogP contribution in [0, 0.1) is 0 Å². The molecule has 0 aliphatic carbocycles. The standard InChI is InChI=1S/C8H11ClN4O/c1-10-8(14)5-13(2)7-4-11-3-6(9)12-7/h3-4H,5H2,1-2H3,(H,10,14). The highest BCUT2D eigenvalue weighted by atomic mass is 35.5. The number of rotatable bonds is 3. The summed E-state index contributed by atoms with van der Waals surface area (Å²) in [5.74, 6) is 0.482. The quantitative estimate of drug-likeness (QED) is 0.787. The lowest BCUT2D eigenvalue weighted by molar-refractivity contribution is -0.119. The largest absolute Gasteiger partial charge is 0.358 e. The Morgan fingerprint density at radius 3 is 2.93 bits per heavy atom. The van der Waals surface area contributed by atoms with Gasteiger partial charge in [0.1, 0.15) is 11.0 Å². The second-order valence-electron chi connectivity index (χ2n) is 2.73. The van der Waals surface area contributed by atoms with Gasteiger partial charge in [-0.2, -0.15) is 0 Å². The van der Waals surface area contributed by atoms with E-state index in [2.05, 4.69) is 15.3 Å². The highest BCUT2D eigenvalue weighted by Gasteiger charge is 2.07. The van der Waals surface area contributed by atoms with Crippen molar-refractivity contribution in [2.45, 2.75) is 0 Å². The molecular formula is C8H11ClN4O. The molecule has 0 aliphatic heterocycles. The van der Waals surface area contributed by atoms with Gasteiger partial charge in [-0.1, -0.05) is 11.6 Å². The first kappa shape index (κ1) is 10.7. The van der Waals surface area contributed by atoms with Crippen LogP contribution in [0.25, 0.3) is 0 Å². The summed E-state index contributed by atoms with van der Waals surface area (Å²) in [6.07, 6.45) is 2.99. The lowest BCUT2D eigenvalue weighted by atomic mass is 10.5. The molecule has 0 radical (unpaired) electrons. The lowest BCUT2D eigenvalue weighted by Gasteiger charge is -2.16. The number of carbonyl (C=O) groups is 1. The van der Waals surface area contributed by atoms with E-state index in [0.29, 0.717) is 11.0 Å². The molecule has 76 valence electrons. The van der Waals surface area contributed by atoms with Crippen LogP contribution in [0.5, 0.6) is 0 Å². The van der Waals surface area contributed by atoms with Crippen molar-refractivity contribution in [2.75, 3.05) is 25.5 Å². The smallest absolute Gasteiger partial charge is 0.239 e. The Morgan fingerprint density at radius 1 is 1.64 bits per heavy atom. The van der Waals surface area contributed by atoms with Gasteiger partial charge < -0.3 is 10.2 Å². The van der Waals surface area contributed by atoms with E-state index < -0.39 is 0 Å². The average Bonchev–Trinajstić information content (AvgIpc) is 2.17. The summed E-state index contributed by atoms with van der Waals surface area (Å²) in [7, 11) is 3.33. The maximum Gasteiger partial charge on any atom is 0.239 e. The zero-order chi connectivity index (χ0) is 10.6. The van der Waals surface area contributed by atoms with E-state index in [4.69, 9.17) is 11.6 Å². The third-order valence-electron chi connectivity index (χ3n) is 1.64. The number of likely N-dealkylation sites (N-methyl/N-ethyl adjacent to an activating group) is 2. The minimum atomic E-state index is -0.0886. The van der Waals surface area contributed by atoms with E-state index in [1.54, 1.807) is 25.2 Å². The Balaban J connectivity index is 2.69. The van der Waals surface area contributed by atoms with Gasteiger partial charge in [-0.05, 0) is 0 Å². The zero-order valence-corrected chi connectivity index (χ0v) is 8.75. The van der Waals surface area contributed by atoms with Crippen molar-refractivity contribution in [1.29, 1.82) is 0 Å². The Hall–Kier alpha value is -1.36. The van der Waals surface area contributed by atoms with E-state index in [1.807, 2.05) is 0 Å². The third-order valence-corrected chi connectivity index (χ3v) is 1.83. The molecule has 0 saturated carbocycles. The average molecular weight is 215 g/mol. The van der Waals surface area contributed by atoms with Crippen LogP contribution < -0.4 is 10.2 Å². The second kappa shape index (κ2) is 4.76. The van der Waals surface area contributed by atoms with Gasteiger partial charge in [-0.3, -0.25) is 9.78 Å². The molecule has 0 unspecified atom stereocenters. The molecular weight excluding hydrogens is 204 g/mol. The lowest BCUT2D eigenvalue weighted by Crippen LogP contribution is -2.33. The van der Waals surface area contributed by atoms with Crippen LogP contribution in [0.1, 0.15) is 0 Å². The molecule has 1 aromatic rings. The highest BCUT2D eigenvalue weighted by Crippen LogP contribution is 2.09. The summed E-state index contributed by atoms with van der Waals surface area (Å²) in [6, 6.07) is 0. The monoisotopic (exact) mass is 214 g/mol. The Kier molecular flexibility index (Phi) is 3.64. The van der Waals surface area contributed by atoms with Gasteiger partial charge in [-0.15, -0.1) is 0 Å². The maximum atomic E-state index is 11.0. The molecule has 0 aliphatic rings. The molecule has 0 saturated heterocycles. The molecule has 0 spiro atoms. The minimum absolute atomic E-state index is 0.0886. The number of hydrogen-bond donors (Lipinski definition) is 1. The van der Waals surface area contributed by atoms with Gasteiger partial charge >= 0.3 is 0 Å². The van der Waals surface area contributed by atoms with Crippen LogP contribution in [-0.4, -0.2) is 36.5 Å². The van der Waals surface area contributed by atoms with Gasteiger partial charge in [0.15, 0.2) is 0 Å². The van der Waals surface area contributed by atoms with Crippen molar-refractivity contribution in [2.24, 2.45) is 0 Å². The molecule has 1 aromatic heterocycles. The minimum Gasteiger partial charge on any atom is -0.358 e. The summed E-state index contributed by atoms with van der Waals surface area (Å²) in [6.45, 7) is 0.228. The molecule has 5 nitrogen and oxygen atoms in total. The highest BCUT2D eigenvalue weighted by molar-refractivity contribution is 6.29. The van der Waals surface area contributed by atoms with Crippen LogP contribution in [0.3, 0.4) is 0 Å². The first-order chi connectivity index (χ1) is 6.63. The number of anilines is 1. The number of amides is 1. The van der Waals surface area contributed by atoms with E-state index in [-0.39, 0.29) is 12.5 Å². The topological polar surface area (TPSA) is 58.1 Å². The predicted molar refractivity (Wildman–Crippen MR) is 54.4 cm³/mol. The molecule has 0 fully saturated rings. The first-order valence-electron chi connectivity index (χ1n) is 4.02. The van der Waals surface area contributed by atoms with Crippen LogP contribution in [-0.2, 0) is 4.79 Å². The van der Waals surface area contributed by atoms with E-state index >= 15 is 0 Å². The fraction of sp³-hybridized carbons (Fsp3) is 0.375. The van der Waals surface area contributed by atoms with Crippen LogP contribution in [0.4, 0.5) is 5.82 Å². The van der Waals surface area contributed by atoms with Crippen molar-refractivity contribution in [3.05, 3.63) is 17.5 Å². The summed E-state index contributed by atoms with van der Waals surface area (Å²) in [5, 5.41) is 2.83. The van der Waals surface area contributed by atoms with Gasteiger partial charge in [0.25, 0.3) is 0 Å². The summed E-state index contributed by atoms with van der Waals surface area (Å²) >= 11 is 5.66. The van der Waals surface area contributed by atoms with Crippen molar-refractivity contribution in [1.82, 2.24) is 15.3 Å². The molecule has 14 heavy (non-hydrogen) atoms. The van der Waals surface area contributed by atoms with Crippen molar-refractivity contribution >= 4 is 23.3 Å². The van der Waals surface area contributed by atoms with Gasteiger partial charge in [-0.25, -0.2) is 4.98 Å². The molecule has 0 aromatic carbocycles. The molecule has 0 atom stereocenters. The summed E-state index contributed by atoms with van der Waals surface area (Å²) in [4.78, 5) is 20.6. The number of halogens is 1. The van der Waals surface area contributed by atoms with Crippen LogP contribution in [0.15, 0.2) is 12.4 Å². The Morgan fingerprint density at radius 2 is 2.36 bits per heavy atom. The molecule has 0 bridgehead atoms. The van der Waals surface area contributed by atoms with E-state index in [0.717, 1.165) is 0 Å². The van der Waals surface area contributed by atoms with Crippen molar-refractivity contribution in [3.63, 3.8) is 0 Å². The number of nitrogens with one attached hydrogen (secondary N) is 1. The molecule has 1 heterocycles. The normalized spacial score (nSPS) is 9.64. The number of nitrogens with zero attached hydrogens (tertiary/aromatic N) is 3. The fourth-order valence-corrected chi connectivity index (χ4v) is 1.03. The maximum absolute atomic E-state index is 11.0. The molecule has 1 amide bonds. The first-order valence-corrected chi connectivity index (χ1v) is 4.40. The number of aromatic nitrogens is 2.